The van der Waals surface area contributed by atoms with Crippen LogP contribution in [0.1, 0.15) is 25.3 Å². The molecule has 0 saturated heterocycles. The van der Waals surface area contributed by atoms with Gasteiger partial charge in [0.05, 0.1) is 4.92 Å². The van der Waals surface area contributed by atoms with Crippen LogP contribution in [-0.2, 0) is 6.42 Å². The molecule has 0 bridgehead atoms. The molecule has 20 heavy (non-hydrogen) atoms. The molecule has 0 radical (unpaired) electrons. The number of rotatable bonds is 9. The Morgan fingerprint density at radius 3 is 2.60 bits per heavy atom. The van der Waals surface area contributed by atoms with Gasteiger partial charge in [-0.2, -0.15) is 0 Å². The molecule has 110 valence electrons. The molecule has 0 unspecified atom stereocenters. The van der Waals surface area contributed by atoms with Crippen LogP contribution in [0, 0.1) is 10.1 Å². The minimum Gasteiger partial charge on any atom is -0.362 e. The first kappa shape index (κ1) is 16.6. The van der Waals surface area contributed by atoms with Crippen molar-refractivity contribution in [2.45, 2.75) is 26.2 Å². The van der Waals surface area contributed by atoms with E-state index in [4.69, 9.17) is 0 Å². The molecule has 0 aromatic heterocycles. The number of hydrogen-bond donors (Lipinski definition) is 0. The van der Waals surface area contributed by atoms with Crippen LogP contribution >= 0.6 is 11.8 Å². The van der Waals surface area contributed by atoms with Crippen LogP contribution < -0.4 is 0 Å². The highest BCUT2D eigenvalue weighted by atomic mass is 32.2. The van der Waals surface area contributed by atoms with Crippen molar-refractivity contribution >= 4 is 11.8 Å². The summed E-state index contributed by atoms with van der Waals surface area (Å²) in [7, 11) is 0. The fraction of sp³-hybridized carbons (Fsp3) is 0.467. The maximum absolute atomic E-state index is 10.6. The number of nitro groups is 1. The van der Waals surface area contributed by atoms with Crippen molar-refractivity contribution in [1.29, 1.82) is 0 Å². The zero-order chi connectivity index (χ0) is 14.8. The van der Waals surface area contributed by atoms with Gasteiger partial charge in [0.25, 0.3) is 6.20 Å². The largest absolute Gasteiger partial charge is 0.362 e. The van der Waals surface area contributed by atoms with Crippen molar-refractivity contribution in [3.8, 4) is 0 Å². The first-order chi connectivity index (χ1) is 9.67. The molecule has 0 N–H and O–H groups in total. The third-order valence-electron chi connectivity index (χ3n) is 3.10. The predicted molar refractivity (Wildman–Crippen MR) is 85.2 cm³/mol. The second-order valence-corrected chi connectivity index (χ2v) is 5.31. The van der Waals surface area contributed by atoms with Gasteiger partial charge in [0.15, 0.2) is 0 Å². The van der Waals surface area contributed by atoms with Crippen molar-refractivity contribution in [2.24, 2.45) is 0 Å². The molecule has 5 heteroatoms. The maximum Gasteiger partial charge on any atom is 0.264 e. The second kappa shape index (κ2) is 9.42. The van der Waals surface area contributed by atoms with Crippen LogP contribution in [0.5, 0.6) is 0 Å². The molecular formula is C15H22N2O2S. The van der Waals surface area contributed by atoms with E-state index in [1.807, 2.05) is 19.2 Å². The quantitative estimate of drug-likeness (QED) is 0.395. The highest BCUT2D eigenvalue weighted by molar-refractivity contribution is 8.02. The zero-order valence-electron chi connectivity index (χ0n) is 12.1. The Kier molecular flexibility index (Phi) is 7.80. The molecule has 1 rings (SSSR count). The summed E-state index contributed by atoms with van der Waals surface area (Å²) in [5, 5.41) is 11.3. The van der Waals surface area contributed by atoms with E-state index in [0.717, 1.165) is 43.6 Å². The van der Waals surface area contributed by atoms with E-state index < -0.39 is 0 Å². The molecule has 0 aliphatic carbocycles. The number of unbranched alkanes of at least 4 members (excludes halogenated alkanes) is 1. The van der Waals surface area contributed by atoms with Gasteiger partial charge in [0, 0.05) is 13.1 Å². The normalized spacial score (nSPS) is 11.4. The monoisotopic (exact) mass is 294 g/mol. The van der Waals surface area contributed by atoms with Gasteiger partial charge in [-0.3, -0.25) is 10.1 Å². The Labute approximate surface area is 125 Å². The van der Waals surface area contributed by atoms with Gasteiger partial charge in [-0.1, -0.05) is 30.3 Å². The predicted octanol–water partition coefficient (Wildman–Crippen LogP) is 3.77. The molecule has 1 aromatic carbocycles. The third kappa shape index (κ3) is 6.10. The molecule has 1 aromatic rings. The Morgan fingerprint density at radius 1 is 1.35 bits per heavy atom. The van der Waals surface area contributed by atoms with Crippen LogP contribution in [0.25, 0.3) is 0 Å². The lowest BCUT2D eigenvalue weighted by molar-refractivity contribution is -0.403. The van der Waals surface area contributed by atoms with Gasteiger partial charge in [0.1, 0.15) is 5.03 Å². The zero-order valence-corrected chi connectivity index (χ0v) is 12.9. The lowest BCUT2D eigenvalue weighted by Crippen LogP contribution is -2.23. The molecule has 0 fully saturated rings. The van der Waals surface area contributed by atoms with Crippen molar-refractivity contribution in [1.82, 2.24) is 4.90 Å². The van der Waals surface area contributed by atoms with Crippen molar-refractivity contribution in [3.05, 3.63) is 57.2 Å². The van der Waals surface area contributed by atoms with Gasteiger partial charge in [0.2, 0.25) is 0 Å². The van der Waals surface area contributed by atoms with Crippen molar-refractivity contribution in [2.75, 3.05) is 19.3 Å². The van der Waals surface area contributed by atoms with Crippen LogP contribution in [0.3, 0.4) is 0 Å². The van der Waals surface area contributed by atoms with E-state index in [0.29, 0.717) is 0 Å². The highest BCUT2D eigenvalue weighted by Crippen LogP contribution is 2.18. The Bertz CT molecular complexity index is 435. The molecule has 0 atom stereocenters. The van der Waals surface area contributed by atoms with Gasteiger partial charge >= 0.3 is 0 Å². The SMILES string of the molecule is CCN(CCCCc1ccccc1)C(=C[N+](=O)[O-])SC. The number of aryl methyl sites for hydroxylation is 1. The molecule has 0 spiro atoms. The summed E-state index contributed by atoms with van der Waals surface area (Å²) < 4.78 is 0. The average Bonchev–Trinajstić information content (AvgIpc) is 2.46. The number of hydrogen-bond acceptors (Lipinski definition) is 4. The Balaban J connectivity index is 2.39. The number of thioether (sulfide) groups is 1. The summed E-state index contributed by atoms with van der Waals surface area (Å²) in [6, 6.07) is 10.4. The number of nitrogens with zero attached hydrogens (tertiary/aromatic N) is 2. The molecule has 0 amide bonds. The van der Waals surface area contributed by atoms with E-state index in [1.165, 1.54) is 17.3 Å². The number of benzene rings is 1. The van der Waals surface area contributed by atoms with Crippen molar-refractivity contribution < 1.29 is 4.92 Å². The molecule has 4 nitrogen and oxygen atoms in total. The average molecular weight is 294 g/mol. The van der Waals surface area contributed by atoms with E-state index in [1.54, 1.807) is 0 Å². The second-order valence-electron chi connectivity index (χ2n) is 4.48. The summed E-state index contributed by atoms with van der Waals surface area (Å²) in [6.45, 7) is 3.69. The molecular weight excluding hydrogens is 272 g/mol. The summed E-state index contributed by atoms with van der Waals surface area (Å²) in [4.78, 5) is 12.3. The van der Waals surface area contributed by atoms with Crippen LogP contribution in [0.15, 0.2) is 41.6 Å². The lowest BCUT2D eigenvalue weighted by atomic mass is 10.1. The molecule has 0 heterocycles. The van der Waals surface area contributed by atoms with Crippen LogP contribution in [0.4, 0.5) is 0 Å². The van der Waals surface area contributed by atoms with E-state index in [2.05, 4.69) is 29.2 Å². The topological polar surface area (TPSA) is 46.4 Å². The molecule has 0 saturated carbocycles. The maximum atomic E-state index is 10.6. The highest BCUT2D eigenvalue weighted by Gasteiger charge is 2.10. The van der Waals surface area contributed by atoms with Crippen LogP contribution in [-0.4, -0.2) is 29.2 Å². The van der Waals surface area contributed by atoms with Crippen LogP contribution in [0.2, 0.25) is 0 Å². The van der Waals surface area contributed by atoms with Gasteiger partial charge in [-0.15, -0.1) is 11.8 Å². The van der Waals surface area contributed by atoms with E-state index >= 15 is 0 Å². The van der Waals surface area contributed by atoms with E-state index in [-0.39, 0.29) is 4.92 Å². The molecule has 0 aliphatic heterocycles. The lowest BCUT2D eigenvalue weighted by Gasteiger charge is -2.22. The molecule has 0 aliphatic rings. The first-order valence-corrected chi connectivity index (χ1v) is 8.08. The summed E-state index contributed by atoms with van der Waals surface area (Å²) in [6.07, 6.45) is 6.18. The van der Waals surface area contributed by atoms with Crippen molar-refractivity contribution in [3.63, 3.8) is 0 Å². The van der Waals surface area contributed by atoms with Gasteiger partial charge in [-0.25, -0.2) is 0 Å². The smallest absolute Gasteiger partial charge is 0.264 e. The standard InChI is InChI=1S/C15H22N2O2S/c1-3-16(15(20-2)13-17(18)19)12-8-7-11-14-9-5-4-6-10-14/h4-6,9-10,13H,3,7-8,11-12H2,1-2H3. The Morgan fingerprint density at radius 2 is 2.05 bits per heavy atom. The summed E-state index contributed by atoms with van der Waals surface area (Å²) in [5.41, 5.74) is 1.35. The summed E-state index contributed by atoms with van der Waals surface area (Å²) in [5.74, 6) is 0. The fourth-order valence-corrected chi connectivity index (χ4v) is 2.72. The minimum absolute atomic E-state index is 0.377. The van der Waals surface area contributed by atoms with Gasteiger partial charge < -0.3 is 4.90 Å². The Hall–Kier alpha value is -1.49. The summed E-state index contributed by atoms with van der Waals surface area (Å²) >= 11 is 1.43. The first-order valence-electron chi connectivity index (χ1n) is 6.85. The van der Waals surface area contributed by atoms with Gasteiger partial charge in [-0.05, 0) is 38.0 Å². The minimum atomic E-state index is -0.377. The third-order valence-corrected chi connectivity index (χ3v) is 3.89. The van der Waals surface area contributed by atoms with E-state index in [9.17, 15) is 10.1 Å². The fourth-order valence-electron chi connectivity index (χ4n) is 2.05.